The maximum Gasteiger partial charge on any atom is 0.0951 e. The van der Waals surface area contributed by atoms with Crippen LogP contribution in [0, 0.1) is 0 Å². The van der Waals surface area contributed by atoms with Gasteiger partial charge in [-0.05, 0) is 26.8 Å². The van der Waals surface area contributed by atoms with Crippen LogP contribution < -0.4 is 0 Å². The Kier molecular flexibility index (Phi) is 5.49. The normalized spacial score (nSPS) is 11.6. The van der Waals surface area contributed by atoms with E-state index >= 15 is 0 Å². The van der Waals surface area contributed by atoms with Gasteiger partial charge in [0.2, 0.25) is 0 Å². The zero-order chi connectivity index (χ0) is 12.0. The van der Waals surface area contributed by atoms with Gasteiger partial charge in [0.25, 0.3) is 0 Å². The Morgan fingerprint density at radius 3 is 2.75 bits per heavy atom. The van der Waals surface area contributed by atoms with Gasteiger partial charge < -0.3 is 9.67 Å². The van der Waals surface area contributed by atoms with Crippen LogP contribution in [0.2, 0.25) is 0 Å². The Hall–Kier alpha value is -0.870. The number of aliphatic hydroxyl groups is 1. The number of hydrogen-bond donors (Lipinski definition) is 1. The lowest BCUT2D eigenvalue weighted by molar-refractivity contribution is 0.187. The Bertz CT molecular complexity index is 290. The first-order valence-corrected chi connectivity index (χ1v) is 6.03. The number of hydrogen-bond acceptors (Lipinski definition) is 3. The van der Waals surface area contributed by atoms with Crippen LogP contribution in [0.15, 0.2) is 12.5 Å². The number of aliphatic hydroxyl groups excluding tert-OH is 1. The topological polar surface area (TPSA) is 41.3 Å². The van der Waals surface area contributed by atoms with E-state index in [1.54, 1.807) is 0 Å². The van der Waals surface area contributed by atoms with Gasteiger partial charge >= 0.3 is 0 Å². The van der Waals surface area contributed by atoms with Gasteiger partial charge in [-0.1, -0.05) is 6.92 Å². The first-order valence-electron chi connectivity index (χ1n) is 6.03. The smallest absolute Gasteiger partial charge is 0.0951 e. The van der Waals surface area contributed by atoms with E-state index in [-0.39, 0.29) is 6.61 Å². The molecule has 0 atom stereocenters. The van der Waals surface area contributed by atoms with Gasteiger partial charge in [-0.25, -0.2) is 4.98 Å². The molecule has 0 amide bonds. The highest BCUT2D eigenvalue weighted by molar-refractivity contribution is 4.99. The molecule has 16 heavy (non-hydrogen) atoms. The van der Waals surface area contributed by atoms with Crippen molar-refractivity contribution in [2.24, 2.45) is 0 Å². The van der Waals surface area contributed by atoms with Gasteiger partial charge in [-0.3, -0.25) is 4.90 Å². The summed E-state index contributed by atoms with van der Waals surface area (Å²) in [7, 11) is 0. The van der Waals surface area contributed by atoms with Crippen molar-refractivity contribution < 1.29 is 5.11 Å². The van der Waals surface area contributed by atoms with Crippen LogP contribution in [0.5, 0.6) is 0 Å². The number of nitrogens with zero attached hydrogens (tertiary/aromatic N) is 3. The molecule has 0 bridgehead atoms. The molecule has 0 saturated heterocycles. The largest absolute Gasteiger partial charge is 0.395 e. The Morgan fingerprint density at radius 1 is 1.44 bits per heavy atom. The quantitative estimate of drug-likeness (QED) is 0.767. The van der Waals surface area contributed by atoms with Crippen LogP contribution in [0.3, 0.4) is 0 Å². The van der Waals surface area contributed by atoms with E-state index in [1.165, 1.54) is 5.69 Å². The van der Waals surface area contributed by atoms with Crippen molar-refractivity contribution in [1.82, 2.24) is 14.5 Å². The third-order valence-corrected chi connectivity index (χ3v) is 2.64. The van der Waals surface area contributed by atoms with Crippen molar-refractivity contribution in [3.63, 3.8) is 0 Å². The molecule has 4 heteroatoms. The molecule has 1 heterocycles. The summed E-state index contributed by atoms with van der Waals surface area (Å²) in [6.45, 7) is 9.30. The molecule has 0 aliphatic carbocycles. The van der Waals surface area contributed by atoms with Crippen molar-refractivity contribution in [1.29, 1.82) is 0 Å². The SMILES string of the molecule is CCCN(CCO)Cc1cncn1C(C)C. The molecule has 1 aromatic rings. The van der Waals surface area contributed by atoms with Crippen molar-refractivity contribution >= 4 is 0 Å². The summed E-state index contributed by atoms with van der Waals surface area (Å²) >= 11 is 0. The van der Waals surface area contributed by atoms with E-state index in [2.05, 4.69) is 35.2 Å². The van der Waals surface area contributed by atoms with Crippen LogP contribution in [-0.2, 0) is 6.54 Å². The van der Waals surface area contributed by atoms with Gasteiger partial charge in [0.05, 0.1) is 18.6 Å². The third kappa shape index (κ3) is 3.61. The lowest BCUT2D eigenvalue weighted by atomic mass is 10.3. The van der Waals surface area contributed by atoms with E-state index < -0.39 is 0 Å². The van der Waals surface area contributed by atoms with Gasteiger partial charge in [0.1, 0.15) is 0 Å². The summed E-state index contributed by atoms with van der Waals surface area (Å²) < 4.78 is 2.18. The fourth-order valence-corrected chi connectivity index (χ4v) is 1.88. The zero-order valence-electron chi connectivity index (χ0n) is 10.6. The van der Waals surface area contributed by atoms with Crippen LogP contribution in [-0.4, -0.2) is 39.3 Å². The lowest BCUT2D eigenvalue weighted by Gasteiger charge is -2.22. The lowest BCUT2D eigenvalue weighted by Crippen LogP contribution is -2.28. The van der Waals surface area contributed by atoms with Crippen molar-refractivity contribution in [3.8, 4) is 0 Å². The maximum atomic E-state index is 9.01. The monoisotopic (exact) mass is 225 g/mol. The molecule has 0 aliphatic rings. The van der Waals surface area contributed by atoms with Gasteiger partial charge in [0.15, 0.2) is 0 Å². The first kappa shape index (κ1) is 13.2. The second kappa shape index (κ2) is 6.66. The van der Waals surface area contributed by atoms with E-state index in [0.717, 1.165) is 26.1 Å². The minimum atomic E-state index is 0.218. The summed E-state index contributed by atoms with van der Waals surface area (Å²) in [5.41, 5.74) is 1.22. The van der Waals surface area contributed by atoms with Crippen LogP contribution in [0.4, 0.5) is 0 Å². The molecule has 0 radical (unpaired) electrons. The highest BCUT2D eigenvalue weighted by Gasteiger charge is 2.09. The second-order valence-electron chi connectivity index (χ2n) is 4.39. The maximum absolute atomic E-state index is 9.01. The van der Waals surface area contributed by atoms with Crippen LogP contribution in [0.25, 0.3) is 0 Å². The predicted octanol–water partition coefficient (Wildman–Crippen LogP) is 1.67. The summed E-state index contributed by atoms with van der Waals surface area (Å²) in [6, 6.07) is 0.440. The molecule has 4 nitrogen and oxygen atoms in total. The highest BCUT2D eigenvalue weighted by Crippen LogP contribution is 2.11. The zero-order valence-corrected chi connectivity index (χ0v) is 10.6. The molecule has 92 valence electrons. The fourth-order valence-electron chi connectivity index (χ4n) is 1.88. The van der Waals surface area contributed by atoms with Crippen molar-refractivity contribution in [2.75, 3.05) is 19.7 Å². The minimum absolute atomic E-state index is 0.218. The summed E-state index contributed by atoms with van der Waals surface area (Å²) in [6.07, 6.45) is 4.90. The molecule has 0 fully saturated rings. The Labute approximate surface area is 97.9 Å². The number of aromatic nitrogens is 2. The van der Waals surface area contributed by atoms with Crippen molar-refractivity contribution in [2.45, 2.75) is 39.8 Å². The molecule has 0 aromatic carbocycles. The molecule has 1 rings (SSSR count). The standard InChI is InChI=1S/C12H23N3O/c1-4-5-14(6-7-16)9-12-8-13-10-15(12)11(2)3/h8,10-11,16H,4-7,9H2,1-3H3. The average Bonchev–Trinajstić information content (AvgIpc) is 2.66. The van der Waals surface area contributed by atoms with Gasteiger partial charge in [-0.15, -0.1) is 0 Å². The molecule has 0 aliphatic heterocycles. The third-order valence-electron chi connectivity index (χ3n) is 2.64. The Balaban J connectivity index is 2.64. The molecule has 1 N–H and O–H groups in total. The van der Waals surface area contributed by atoms with E-state index in [0.29, 0.717) is 6.04 Å². The molecule has 0 saturated carbocycles. The van der Waals surface area contributed by atoms with Gasteiger partial charge in [0, 0.05) is 25.3 Å². The average molecular weight is 225 g/mol. The highest BCUT2D eigenvalue weighted by atomic mass is 16.3. The molecular formula is C12H23N3O. The molecule has 0 unspecified atom stereocenters. The second-order valence-corrected chi connectivity index (χ2v) is 4.39. The summed E-state index contributed by atoms with van der Waals surface area (Å²) in [5, 5.41) is 9.01. The number of rotatable bonds is 7. The van der Waals surface area contributed by atoms with Gasteiger partial charge in [-0.2, -0.15) is 0 Å². The van der Waals surface area contributed by atoms with Crippen LogP contribution in [0.1, 0.15) is 38.9 Å². The Morgan fingerprint density at radius 2 is 2.19 bits per heavy atom. The fraction of sp³-hybridized carbons (Fsp3) is 0.750. The van der Waals surface area contributed by atoms with Crippen molar-refractivity contribution in [3.05, 3.63) is 18.2 Å². The summed E-state index contributed by atoms with van der Waals surface area (Å²) in [5.74, 6) is 0. The van der Waals surface area contributed by atoms with E-state index in [9.17, 15) is 0 Å². The minimum Gasteiger partial charge on any atom is -0.395 e. The molecule has 1 aromatic heterocycles. The molecule has 0 spiro atoms. The molecular weight excluding hydrogens is 202 g/mol. The predicted molar refractivity (Wildman–Crippen MR) is 65.3 cm³/mol. The van der Waals surface area contributed by atoms with E-state index in [4.69, 9.17) is 5.11 Å². The van der Waals surface area contributed by atoms with Crippen LogP contribution >= 0.6 is 0 Å². The summed E-state index contributed by atoms with van der Waals surface area (Å²) in [4.78, 5) is 6.45. The van der Waals surface area contributed by atoms with E-state index in [1.807, 2.05) is 12.5 Å². The number of imidazole rings is 1. The first-order chi connectivity index (χ1) is 7.69.